The second-order valence-corrected chi connectivity index (χ2v) is 6.28. The van der Waals surface area contributed by atoms with Gasteiger partial charge in [0.05, 0.1) is 5.56 Å². The summed E-state index contributed by atoms with van der Waals surface area (Å²) in [6, 6.07) is 1.77. The van der Waals surface area contributed by atoms with Gasteiger partial charge < -0.3 is 5.32 Å². The number of anilines is 1. The number of pyridine rings is 1. The molecular formula is C11H14ClF3N2S. The molecule has 2 nitrogen and oxygen atoms in total. The van der Waals surface area contributed by atoms with Crippen molar-refractivity contribution in [1.82, 2.24) is 4.98 Å². The summed E-state index contributed by atoms with van der Waals surface area (Å²) in [5, 5.41) is 2.70. The number of nitrogens with one attached hydrogen (secondary N) is 1. The molecule has 0 aliphatic rings. The zero-order valence-corrected chi connectivity index (χ0v) is 11.8. The first-order valence-corrected chi connectivity index (χ1v) is 6.78. The summed E-state index contributed by atoms with van der Waals surface area (Å²) >= 11 is 7.20. The highest BCUT2D eigenvalue weighted by molar-refractivity contribution is 7.99. The van der Waals surface area contributed by atoms with Gasteiger partial charge in [-0.15, -0.1) is 0 Å². The predicted octanol–water partition coefficient (Wildman–Crippen LogP) is 4.31. The van der Waals surface area contributed by atoms with Gasteiger partial charge in [-0.05, 0) is 32.2 Å². The fourth-order valence-corrected chi connectivity index (χ4v) is 1.55. The number of aromatic nitrogens is 1. The second-order valence-electron chi connectivity index (χ2n) is 4.38. The molecule has 18 heavy (non-hydrogen) atoms. The number of thioether (sulfide) groups is 1. The maximum atomic E-state index is 12.6. The van der Waals surface area contributed by atoms with Crippen LogP contribution in [0, 0.1) is 0 Å². The third kappa shape index (κ3) is 4.57. The smallest absolute Gasteiger partial charge is 0.369 e. The van der Waals surface area contributed by atoms with Crippen molar-refractivity contribution in [2.24, 2.45) is 0 Å². The lowest BCUT2D eigenvalue weighted by Crippen LogP contribution is -2.26. The van der Waals surface area contributed by atoms with Crippen molar-refractivity contribution in [1.29, 1.82) is 0 Å². The van der Waals surface area contributed by atoms with Crippen LogP contribution < -0.4 is 5.32 Å². The normalized spacial score (nSPS) is 12.6. The van der Waals surface area contributed by atoms with E-state index in [1.807, 2.05) is 20.1 Å². The van der Waals surface area contributed by atoms with Crippen molar-refractivity contribution in [3.63, 3.8) is 0 Å². The second kappa shape index (κ2) is 5.57. The summed E-state index contributed by atoms with van der Waals surface area (Å²) in [6.07, 6.45) is -2.48. The molecule has 0 bridgehead atoms. The Hall–Kier alpha value is -0.620. The van der Waals surface area contributed by atoms with Gasteiger partial charge in [-0.25, -0.2) is 4.98 Å². The van der Waals surface area contributed by atoms with Crippen LogP contribution in [0.2, 0.25) is 5.15 Å². The predicted molar refractivity (Wildman–Crippen MR) is 70.3 cm³/mol. The van der Waals surface area contributed by atoms with E-state index < -0.39 is 11.7 Å². The van der Waals surface area contributed by atoms with E-state index in [9.17, 15) is 13.2 Å². The minimum absolute atomic E-state index is 0.0948. The molecule has 0 radical (unpaired) electrons. The van der Waals surface area contributed by atoms with Crippen LogP contribution >= 0.6 is 23.4 Å². The Morgan fingerprint density at radius 1 is 1.33 bits per heavy atom. The average molecular weight is 299 g/mol. The van der Waals surface area contributed by atoms with E-state index in [2.05, 4.69) is 10.3 Å². The van der Waals surface area contributed by atoms with Crippen LogP contribution in [0.4, 0.5) is 19.0 Å². The molecule has 1 aromatic rings. The molecule has 1 rings (SSSR count). The van der Waals surface area contributed by atoms with E-state index in [1.165, 1.54) is 0 Å². The number of alkyl halides is 3. The molecule has 1 N–H and O–H groups in total. The quantitative estimate of drug-likeness (QED) is 0.839. The summed E-state index contributed by atoms with van der Waals surface area (Å²) in [7, 11) is 0. The van der Waals surface area contributed by atoms with Crippen LogP contribution in [-0.2, 0) is 6.18 Å². The van der Waals surface area contributed by atoms with Gasteiger partial charge in [-0.3, -0.25) is 0 Å². The number of nitrogens with zero attached hydrogens (tertiary/aromatic N) is 1. The number of rotatable bonds is 4. The largest absolute Gasteiger partial charge is 0.416 e. The van der Waals surface area contributed by atoms with Gasteiger partial charge in [0.25, 0.3) is 0 Å². The highest BCUT2D eigenvalue weighted by atomic mass is 35.5. The first-order valence-electron chi connectivity index (χ1n) is 5.18. The van der Waals surface area contributed by atoms with Gasteiger partial charge in [-0.2, -0.15) is 24.9 Å². The van der Waals surface area contributed by atoms with E-state index in [0.717, 1.165) is 12.1 Å². The maximum Gasteiger partial charge on any atom is 0.416 e. The molecule has 0 spiro atoms. The Labute approximate surface area is 113 Å². The molecule has 0 unspecified atom stereocenters. The van der Waals surface area contributed by atoms with Crippen molar-refractivity contribution in [2.75, 3.05) is 18.1 Å². The SMILES string of the molecule is CSC(C)(C)CNc1cc(C(F)(F)F)cc(Cl)n1. The third-order valence-corrected chi connectivity index (χ3v) is 3.81. The minimum atomic E-state index is -4.42. The van der Waals surface area contributed by atoms with E-state index in [0.29, 0.717) is 6.54 Å². The number of hydrogen-bond donors (Lipinski definition) is 1. The molecule has 0 aliphatic carbocycles. The topological polar surface area (TPSA) is 24.9 Å². The van der Waals surface area contributed by atoms with E-state index in [1.54, 1.807) is 11.8 Å². The van der Waals surface area contributed by atoms with E-state index in [-0.39, 0.29) is 15.7 Å². The van der Waals surface area contributed by atoms with Crippen molar-refractivity contribution >= 4 is 29.2 Å². The van der Waals surface area contributed by atoms with Gasteiger partial charge in [0.15, 0.2) is 0 Å². The van der Waals surface area contributed by atoms with Crippen LogP contribution in [0.5, 0.6) is 0 Å². The van der Waals surface area contributed by atoms with E-state index >= 15 is 0 Å². The maximum absolute atomic E-state index is 12.6. The fourth-order valence-electron chi connectivity index (χ4n) is 1.13. The Morgan fingerprint density at radius 2 is 1.94 bits per heavy atom. The fraction of sp³-hybridized carbons (Fsp3) is 0.545. The summed E-state index contributed by atoms with van der Waals surface area (Å²) in [4.78, 5) is 3.83. The zero-order valence-electron chi connectivity index (χ0n) is 10.2. The van der Waals surface area contributed by atoms with Crippen LogP contribution in [-0.4, -0.2) is 22.5 Å². The van der Waals surface area contributed by atoms with Gasteiger partial charge in [0.1, 0.15) is 11.0 Å². The highest BCUT2D eigenvalue weighted by Gasteiger charge is 2.31. The summed E-state index contributed by atoms with van der Waals surface area (Å²) in [5.74, 6) is 0.136. The first kappa shape index (κ1) is 15.4. The standard InChI is InChI=1S/C11H14ClF3N2S/c1-10(2,18-3)6-16-9-5-7(11(13,14)15)4-8(12)17-9/h4-5H,6H2,1-3H3,(H,16,17). The zero-order chi connectivity index (χ0) is 14.0. The van der Waals surface area contributed by atoms with Crippen LogP contribution in [0.25, 0.3) is 0 Å². The first-order chi connectivity index (χ1) is 8.14. The molecule has 0 fully saturated rings. The molecule has 1 heterocycles. The molecule has 0 aromatic carbocycles. The van der Waals surface area contributed by atoms with Crippen LogP contribution in [0.1, 0.15) is 19.4 Å². The Balaban J connectivity index is 2.88. The summed E-state index contributed by atoms with van der Waals surface area (Å²) in [5.41, 5.74) is -0.799. The molecule has 0 aliphatic heterocycles. The molecule has 1 aromatic heterocycles. The van der Waals surface area contributed by atoms with Crippen molar-refractivity contribution in [3.8, 4) is 0 Å². The molecule has 102 valence electrons. The Kier molecular flexibility index (Phi) is 4.78. The molecular weight excluding hydrogens is 285 g/mol. The lowest BCUT2D eigenvalue weighted by atomic mass is 10.2. The summed E-state index contributed by atoms with van der Waals surface area (Å²) < 4.78 is 37.6. The summed E-state index contributed by atoms with van der Waals surface area (Å²) in [6.45, 7) is 4.47. The monoisotopic (exact) mass is 298 g/mol. The van der Waals surface area contributed by atoms with Gasteiger partial charge in [0, 0.05) is 11.3 Å². The van der Waals surface area contributed by atoms with Crippen molar-refractivity contribution in [2.45, 2.75) is 24.8 Å². The van der Waals surface area contributed by atoms with Crippen LogP contribution in [0.15, 0.2) is 12.1 Å². The molecule has 0 saturated carbocycles. The molecule has 7 heteroatoms. The average Bonchev–Trinajstić information content (AvgIpc) is 2.25. The van der Waals surface area contributed by atoms with E-state index in [4.69, 9.17) is 11.6 Å². The lowest BCUT2D eigenvalue weighted by Gasteiger charge is -2.22. The molecule has 0 saturated heterocycles. The third-order valence-electron chi connectivity index (χ3n) is 2.37. The lowest BCUT2D eigenvalue weighted by molar-refractivity contribution is -0.137. The van der Waals surface area contributed by atoms with Gasteiger partial charge in [-0.1, -0.05) is 11.6 Å². The number of hydrogen-bond acceptors (Lipinski definition) is 3. The number of halogens is 4. The molecule has 0 atom stereocenters. The Morgan fingerprint density at radius 3 is 2.44 bits per heavy atom. The van der Waals surface area contributed by atoms with Crippen molar-refractivity contribution < 1.29 is 13.2 Å². The van der Waals surface area contributed by atoms with Crippen LogP contribution in [0.3, 0.4) is 0 Å². The molecule has 0 amide bonds. The highest BCUT2D eigenvalue weighted by Crippen LogP contribution is 2.32. The van der Waals surface area contributed by atoms with Crippen molar-refractivity contribution in [3.05, 3.63) is 22.8 Å². The van der Waals surface area contributed by atoms with Gasteiger partial charge in [0.2, 0.25) is 0 Å². The Bertz CT molecular complexity index is 421. The minimum Gasteiger partial charge on any atom is -0.369 e. The van der Waals surface area contributed by atoms with Gasteiger partial charge >= 0.3 is 6.18 Å².